The molecule has 0 fully saturated rings. The summed E-state index contributed by atoms with van der Waals surface area (Å²) in [7, 11) is 1.45. The van der Waals surface area contributed by atoms with Crippen LogP contribution >= 0.6 is 0 Å². The van der Waals surface area contributed by atoms with E-state index >= 15 is 0 Å². The van der Waals surface area contributed by atoms with Gasteiger partial charge in [0.15, 0.2) is 0 Å². The molecule has 1 amide bonds. The maximum Gasteiger partial charge on any atom is 0.270 e. The Morgan fingerprint density at radius 1 is 1.32 bits per heavy atom. The lowest BCUT2D eigenvalue weighted by molar-refractivity contribution is -0.384. The van der Waals surface area contributed by atoms with Gasteiger partial charge in [0.1, 0.15) is 5.75 Å². The number of aryl methyl sites for hydroxylation is 1. The van der Waals surface area contributed by atoms with Gasteiger partial charge in [-0.25, -0.2) is 5.43 Å². The van der Waals surface area contributed by atoms with Gasteiger partial charge in [0.2, 0.25) is 0 Å². The Morgan fingerprint density at radius 2 is 2.12 bits per heavy atom. The molecule has 8 heteroatoms. The molecule has 130 valence electrons. The number of hydrogen-bond donors (Lipinski definition) is 2. The summed E-state index contributed by atoms with van der Waals surface area (Å²) in [4.78, 5) is 22.1. The number of nitro groups is 1. The van der Waals surface area contributed by atoms with Crippen LogP contribution in [0.25, 0.3) is 0 Å². The molecule has 2 N–H and O–H groups in total. The molecule has 0 aliphatic heterocycles. The molecule has 0 aliphatic rings. The summed E-state index contributed by atoms with van der Waals surface area (Å²) in [5.74, 6) is 0.0728. The van der Waals surface area contributed by atoms with Crippen molar-refractivity contribution in [1.82, 2.24) is 5.43 Å². The number of amides is 1. The summed E-state index contributed by atoms with van der Waals surface area (Å²) < 4.78 is 5.12. The van der Waals surface area contributed by atoms with Crippen molar-refractivity contribution in [3.8, 4) is 5.75 Å². The van der Waals surface area contributed by atoms with Crippen LogP contribution in [-0.2, 0) is 4.79 Å². The highest BCUT2D eigenvalue weighted by molar-refractivity contribution is 5.87. The quantitative estimate of drug-likeness (QED) is 0.457. The maximum atomic E-state index is 11.8. The van der Waals surface area contributed by atoms with Gasteiger partial charge in [0.05, 0.1) is 24.8 Å². The monoisotopic (exact) mass is 342 g/mol. The molecule has 0 saturated heterocycles. The van der Waals surface area contributed by atoms with Gasteiger partial charge in [-0.1, -0.05) is 12.1 Å². The number of methoxy groups -OCH3 is 1. The average molecular weight is 342 g/mol. The topological polar surface area (TPSA) is 106 Å². The SMILES string of the molecule is COc1ccc([N+](=O)[O-])cc1C=NNC(=O)CNc1cccc(C)c1. The number of hydrazone groups is 1. The van der Waals surface area contributed by atoms with Crippen LogP contribution in [0.15, 0.2) is 47.6 Å². The standard InChI is InChI=1S/C17H18N4O4/c1-12-4-3-5-14(8-12)18-11-17(22)20-19-10-13-9-15(21(23)24)6-7-16(13)25-2/h3-10,18H,11H2,1-2H3,(H,20,22). The second kappa shape index (κ2) is 8.44. The van der Waals surface area contributed by atoms with Crippen molar-refractivity contribution in [2.24, 2.45) is 5.10 Å². The normalized spacial score (nSPS) is 10.5. The summed E-state index contributed by atoms with van der Waals surface area (Å²) >= 11 is 0. The molecule has 0 spiro atoms. The first-order chi connectivity index (χ1) is 12.0. The van der Waals surface area contributed by atoms with E-state index < -0.39 is 4.92 Å². The Kier molecular flexibility index (Phi) is 6.05. The van der Waals surface area contributed by atoms with Crippen LogP contribution in [0.5, 0.6) is 5.75 Å². The molecule has 0 aliphatic carbocycles. The highest BCUT2D eigenvalue weighted by atomic mass is 16.6. The van der Waals surface area contributed by atoms with Crippen molar-refractivity contribution < 1.29 is 14.5 Å². The molecular weight excluding hydrogens is 324 g/mol. The van der Waals surface area contributed by atoms with E-state index in [4.69, 9.17) is 4.74 Å². The van der Waals surface area contributed by atoms with Gasteiger partial charge in [-0.2, -0.15) is 5.10 Å². The molecule has 0 aromatic heterocycles. The number of benzene rings is 2. The van der Waals surface area contributed by atoms with Crippen molar-refractivity contribution >= 4 is 23.5 Å². The molecule has 2 aromatic rings. The first-order valence-electron chi connectivity index (χ1n) is 7.44. The molecule has 25 heavy (non-hydrogen) atoms. The predicted molar refractivity (Wildman–Crippen MR) is 95.1 cm³/mol. The van der Waals surface area contributed by atoms with Crippen LogP contribution in [0.1, 0.15) is 11.1 Å². The second-order valence-electron chi connectivity index (χ2n) is 5.20. The van der Waals surface area contributed by atoms with E-state index in [1.807, 2.05) is 31.2 Å². The van der Waals surface area contributed by atoms with Crippen LogP contribution in [0, 0.1) is 17.0 Å². The average Bonchev–Trinajstić information content (AvgIpc) is 2.60. The highest BCUT2D eigenvalue weighted by Gasteiger charge is 2.10. The van der Waals surface area contributed by atoms with Crippen LogP contribution < -0.4 is 15.5 Å². The van der Waals surface area contributed by atoms with Gasteiger partial charge in [-0.05, 0) is 30.7 Å². The number of non-ortho nitro benzene ring substituents is 1. The third-order valence-corrected chi connectivity index (χ3v) is 3.29. The van der Waals surface area contributed by atoms with Gasteiger partial charge in [-0.15, -0.1) is 0 Å². The van der Waals surface area contributed by atoms with E-state index in [0.717, 1.165) is 11.3 Å². The van der Waals surface area contributed by atoms with E-state index in [2.05, 4.69) is 15.8 Å². The van der Waals surface area contributed by atoms with Gasteiger partial charge < -0.3 is 10.1 Å². The van der Waals surface area contributed by atoms with E-state index in [0.29, 0.717) is 11.3 Å². The lowest BCUT2D eigenvalue weighted by Gasteiger charge is -2.06. The lowest BCUT2D eigenvalue weighted by atomic mass is 10.2. The van der Waals surface area contributed by atoms with Crippen LogP contribution in [0.4, 0.5) is 11.4 Å². The minimum Gasteiger partial charge on any atom is -0.496 e. The molecule has 0 bridgehead atoms. The zero-order valence-electron chi connectivity index (χ0n) is 13.9. The number of nitrogens with zero attached hydrogens (tertiary/aromatic N) is 2. The zero-order chi connectivity index (χ0) is 18.2. The molecule has 2 aromatic carbocycles. The number of hydrogen-bond acceptors (Lipinski definition) is 6. The third kappa shape index (κ3) is 5.31. The van der Waals surface area contributed by atoms with Crippen molar-refractivity contribution in [2.75, 3.05) is 19.0 Å². The van der Waals surface area contributed by atoms with Crippen molar-refractivity contribution in [1.29, 1.82) is 0 Å². The zero-order valence-corrected chi connectivity index (χ0v) is 13.9. The first kappa shape index (κ1) is 17.9. The summed E-state index contributed by atoms with van der Waals surface area (Å²) in [6.45, 7) is 2.01. The van der Waals surface area contributed by atoms with Crippen LogP contribution in [-0.4, -0.2) is 30.7 Å². The number of anilines is 1. The maximum absolute atomic E-state index is 11.8. The van der Waals surface area contributed by atoms with E-state index in [1.54, 1.807) is 0 Å². The summed E-state index contributed by atoms with van der Waals surface area (Å²) in [5.41, 5.74) is 4.58. The summed E-state index contributed by atoms with van der Waals surface area (Å²) in [5, 5.41) is 17.6. The Bertz CT molecular complexity index is 805. The van der Waals surface area contributed by atoms with Crippen molar-refractivity contribution in [3.05, 3.63) is 63.7 Å². The van der Waals surface area contributed by atoms with Crippen LogP contribution in [0.2, 0.25) is 0 Å². The van der Waals surface area contributed by atoms with E-state index in [9.17, 15) is 14.9 Å². The molecule has 2 rings (SSSR count). The number of ether oxygens (including phenoxy) is 1. The van der Waals surface area contributed by atoms with Gasteiger partial charge in [0.25, 0.3) is 11.6 Å². The fourth-order valence-corrected chi connectivity index (χ4v) is 2.09. The fourth-order valence-electron chi connectivity index (χ4n) is 2.09. The van der Waals surface area contributed by atoms with Gasteiger partial charge >= 0.3 is 0 Å². The molecule has 0 atom stereocenters. The highest BCUT2D eigenvalue weighted by Crippen LogP contribution is 2.22. The number of rotatable bonds is 7. The fraction of sp³-hybridized carbons (Fsp3) is 0.176. The smallest absolute Gasteiger partial charge is 0.270 e. The Labute approximate surface area is 144 Å². The largest absolute Gasteiger partial charge is 0.496 e. The molecule has 8 nitrogen and oxygen atoms in total. The summed E-state index contributed by atoms with van der Waals surface area (Å²) in [6, 6.07) is 11.8. The van der Waals surface area contributed by atoms with Crippen molar-refractivity contribution in [2.45, 2.75) is 6.92 Å². The number of nitrogens with one attached hydrogen (secondary N) is 2. The molecule has 0 radical (unpaired) electrons. The number of carbonyl (C=O) groups excluding carboxylic acids is 1. The Morgan fingerprint density at radius 3 is 2.80 bits per heavy atom. The molecule has 0 heterocycles. The van der Waals surface area contributed by atoms with E-state index in [-0.39, 0.29) is 18.1 Å². The first-order valence-corrected chi connectivity index (χ1v) is 7.44. The molecular formula is C17H18N4O4. The van der Waals surface area contributed by atoms with Crippen LogP contribution in [0.3, 0.4) is 0 Å². The summed E-state index contributed by atoms with van der Waals surface area (Å²) in [6.07, 6.45) is 1.30. The van der Waals surface area contributed by atoms with Gasteiger partial charge in [-0.3, -0.25) is 14.9 Å². The number of carbonyl (C=O) groups is 1. The van der Waals surface area contributed by atoms with Gasteiger partial charge in [0, 0.05) is 23.4 Å². The Balaban J connectivity index is 1.94. The predicted octanol–water partition coefficient (Wildman–Crippen LogP) is 2.47. The van der Waals surface area contributed by atoms with E-state index in [1.165, 1.54) is 31.5 Å². The second-order valence-corrected chi connectivity index (χ2v) is 5.20. The van der Waals surface area contributed by atoms with Crippen molar-refractivity contribution in [3.63, 3.8) is 0 Å². The Hall–Kier alpha value is -3.42. The number of nitro benzene ring substituents is 1. The molecule has 0 saturated carbocycles. The third-order valence-electron chi connectivity index (χ3n) is 3.29. The molecule has 0 unspecified atom stereocenters. The lowest BCUT2D eigenvalue weighted by Crippen LogP contribution is -2.25. The minimum absolute atomic E-state index is 0.0485. The minimum atomic E-state index is -0.513.